The second-order valence-electron chi connectivity index (χ2n) is 2.45. The summed E-state index contributed by atoms with van der Waals surface area (Å²) in [5.74, 6) is 0. The van der Waals surface area contributed by atoms with Gasteiger partial charge in [-0.05, 0) is 13.0 Å². The second-order valence-corrected chi connectivity index (χ2v) is 2.45. The van der Waals surface area contributed by atoms with Gasteiger partial charge in [-0.2, -0.15) is 10.2 Å². The van der Waals surface area contributed by atoms with E-state index in [0.29, 0.717) is 0 Å². The monoisotopic (exact) mass is 167 g/mol. The third-order valence-electron chi connectivity index (χ3n) is 1.28. The van der Waals surface area contributed by atoms with Gasteiger partial charge in [-0.3, -0.25) is 0 Å². The summed E-state index contributed by atoms with van der Waals surface area (Å²) in [7, 11) is 3.97. The maximum atomic E-state index is 3.85. The summed E-state index contributed by atoms with van der Waals surface area (Å²) < 4.78 is 0. The Morgan fingerprint density at radius 1 is 1.25 bits per heavy atom. The molecule has 0 aliphatic carbocycles. The molecular formula is C9H17N3. The fraction of sp³-hybridized carbons (Fsp3) is 0.556. The van der Waals surface area contributed by atoms with Crippen molar-refractivity contribution in [2.75, 3.05) is 19.0 Å². The zero-order valence-electron chi connectivity index (χ0n) is 8.50. The minimum Gasteiger partial charge on any atom is -0.376 e. The number of aryl methyl sites for hydroxylation is 1. The average molecular weight is 167 g/mol. The second kappa shape index (κ2) is 5.52. The Hall–Kier alpha value is -1.12. The first kappa shape index (κ1) is 10.9. The van der Waals surface area contributed by atoms with Gasteiger partial charge in [0.15, 0.2) is 0 Å². The summed E-state index contributed by atoms with van der Waals surface area (Å²) in [5.41, 5.74) is 2.04. The van der Waals surface area contributed by atoms with Gasteiger partial charge in [0.05, 0.1) is 17.6 Å². The van der Waals surface area contributed by atoms with E-state index in [1.165, 1.54) is 0 Å². The molecule has 68 valence electrons. The van der Waals surface area contributed by atoms with E-state index in [-0.39, 0.29) is 0 Å². The Balaban J connectivity index is 0.000000561. The van der Waals surface area contributed by atoms with Crippen LogP contribution in [-0.2, 0) is 0 Å². The van der Waals surface area contributed by atoms with E-state index in [9.17, 15) is 0 Å². The molecule has 1 aromatic rings. The first-order valence-corrected chi connectivity index (χ1v) is 4.17. The Labute approximate surface area is 74.4 Å². The van der Waals surface area contributed by atoms with Gasteiger partial charge >= 0.3 is 0 Å². The van der Waals surface area contributed by atoms with Gasteiger partial charge < -0.3 is 4.90 Å². The fourth-order valence-electron chi connectivity index (χ4n) is 0.704. The molecule has 0 aliphatic heterocycles. The Morgan fingerprint density at radius 2 is 1.83 bits per heavy atom. The largest absolute Gasteiger partial charge is 0.376 e. The first-order chi connectivity index (χ1) is 5.70. The topological polar surface area (TPSA) is 29.0 Å². The van der Waals surface area contributed by atoms with E-state index in [1.54, 1.807) is 6.20 Å². The van der Waals surface area contributed by atoms with Crippen LogP contribution in [0.5, 0.6) is 0 Å². The maximum absolute atomic E-state index is 3.85. The molecule has 0 spiro atoms. The van der Waals surface area contributed by atoms with Crippen molar-refractivity contribution in [3.63, 3.8) is 0 Å². The van der Waals surface area contributed by atoms with Crippen LogP contribution >= 0.6 is 0 Å². The third-order valence-corrected chi connectivity index (χ3v) is 1.28. The highest BCUT2D eigenvalue weighted by molar-refractivity contribution is 5.42. The molecule has 0 atom stereocenters. The molecule has 0 aliphatic rings. The number of nitrogens with zero attached hydrogens (tertiary/aromatic N) is 3. The zero-order valence-corrected chi connectivity index (χ0v) is 8.50. The molecule has 0 amide bonds. The number of anilines is 1. The summed E-state index contributed by atoms with van der Waals surface area (Å²) in [6, 6.07) is 1.99. The molecule has 3 nitrogen and oxygen atoms in total. The van der Waals surface area contributed by atoms with Gasteiger partial charge in [0, 0.05) is 14.1 Å². The molecule has 12 heavy (non-hydrogen) atoms. The van der Waals surface area contributed by atoms with Crippen LogP contribution in [0.4, 0.5) is 5.69 Å². The van der Waals surface area contributed by atoms with Crippen molar-refractivity contribution >= 4 is 5.69 Å². The summed E-state index contributed by atoms with van der Waals surface area (Å²) in [6.45, 7) is 5.93. The van der Waals surface area contributed by atoms with Crippen molar-refractivity contribution < 1.29 is 0 Å². The highest BCUT2D eigenvalue weighted by Gasteiger charge is 1.94. The van der Waals surface area contributed by atoms with Crippen molar-refractivity contribution in [2.45, 2.75) is 20.8 Å². The Morgan fingerprint density at radius 3 is 2.17 bits per heavy atom. The predicted octanol–water partition coefficient (Wildman–Crippen LogP) is 1.88. The van der Waals surface area contributed by atoms with Crippen molar-refractivity contribution in [2.24, 2.45) is 0 Å². The van der Waals surface area contributed by atoms with Gasteiger partial charge in [-0.15, -0.1) is 0 Å². The van der Waals surface area contributed by atoms with Crippen LogP contribution in [0.25, 0.3) is 0 Å². The van der Waals surface area contributed by atoms with E-state index in [0.717, 1.165) is 11.4 Å². The quantitative estimate of drug-likeness (QED) is 0.639. The minimum absolute atomic E-state index is 0.950. The SMILES string of the molecule is CC.Cc1cc(N(C)C)cnn1. The van der Waals surface area contributed by atoms with E-state index >= 15 is 0 Å². The smallest absolute Gasteiger partial charge is 0.0729 e. The molecule has 0 N–H and O–H groups in total. The lowest BCUT2D eigenvalue weighted by atomic mass is 10.4. The van der Waals surface area contributed by atoms with Gasteiger partial charge in [-0.1, -0.05) is 13.8 Å². The van der Waals surface area contributed by atoms with Crippen LogP contribution in [0, 0.1) is 6.92 Å². The average Bonchev–Trinajstić information content (AvgIpc) is 2.08. The standard InChI is InChI=1S/C7H11N3.C2H6/c1-6-4-7(10(2)3)5-8-9-6;1-2/h4-5H,1-3H3;1-2H3. The van der Waals surface area contributed by atoms with E-state index in [4.69, 9.17) is 0 Å². The molecular weight excluding hydrogens is 150 g/mol. The van der Waals surface area contributed by atoms with E-state index < -0.39 is 0 Å². The molecule has 1 aromatic heterocycles. The first-order valence-electron chi connectivity index (χ1n) is 4.17. The lowest BCUT2D eigenvalue weighted by molar-refractivity contribution is 0.961. The van der Waals surface area contributed by atoms with E-state index in [2.05, 4.69) is 10.2 Å². The molecule has 0 fully saturated rings. The molecule has 0 radical (unpaired) electrons. The molecule has 0 bridgehead atoms. The van der Waals surface area contributed by atoms with Crippen LogP contribution in [0.15, 0.2) is 12.3 Å². The number of hydrogen-bond donors (Lipinski definition) is 0. The van der Waals surface area contributed by atoms with Gasteiger partial charge in [0.25, 0.3) is 0 Å². The van der Waals surface area contributed by atoms with Crippen LogP contribution < -0.4 is 4.90 Å². The minimum atomic E-state index is 0.950. The van der Waals surface area contributed by atoms with Crippen molar-refractivity contribution in [1.82, 2.24) is 10.2 Å². The van der Waals surface area contributed by atoms with Crippen LogP contribution in [0.2, 0.25) is 0 Å². The molecule has 1 rings (SSSR count). The van der Waals surface area contributed by atoms with Crippen LogP contribution in [0.1, 0.15) is 19.5 Å². The van der Waals surface area contributed by atoms with Crippen LogP contribution in [0.3, 0.4) is 0 Å². The van der Waals surface area contributed by atoms with Crippen molar-refractivity contribution in [1.29, 1.82) is 0 Å². The fourth-order valence-corrected chi connectivity index (χ4v) is 0.704. The molecule has 0 saturated carbocycles. The molecule has 0 aromatic carbocycles. The highest BCUT2D eigenvalue weighted by atomic mass is 15.1. The number of hydrogen-bond acceptors (Lipinski definition) is 3. The normalized spacial score (nSPS) is 8.42. The molecule has 0 unspecified atom stereocenters. The Bertz CT molecular complexity index is 221. The van der Waals surface area contributed by atoms with Crippen molar-refractivity contribution in [3.05, 3.63) is 18.0 Å². The zero-order chi connectivity index (χ0) is 9.56. The summed E-state index contributed by atoms with van der Waals surface area (Å²) in [5, 5.41) is 7.66. The van der Waals surface area contributed by atoms with Gasteiger partial charge in [0.2, 0.25) is 0 Å². The van der Waals surface area contributed by atoms with E-state index in [1.807, 2.05) is 45.8 Å². The lowest BCUT2D eigenvalue weighted by Crippen LogP contribution is -2.09. The maximum Gasteiger partial charge on any atom is 0.0729 e. The predicted molar refractivity (Wildman–Crippen MR) is 52.4 cm³/mol. The summed E-state index contributed by atoms with van der Waals surface area (Å²) in [4.78, 5) is 2.00. The third kappa shape index (κ3) is 3.32. The van der Waals surface area contributed by atoms with Gasteiger partial charge in [-0.25, -0.2) is 0 Å². The Kier molecular flexibility index (Phi) is 5.00. The van der Waals surface area contributed by atoms with Crippen molar-refractivity contribution in [3.8, 4) is 0 Å². The number of aromatic nitrogens is 2. The molecule has 1 heterocycles. The van der Waals surface area contributed by atoms with Crippen LogP contribution in [-0.4, -0.2) is 24.3 Å². The molecule has 3 heteroatoms. The summed E-state index contributed by atoms with van der Waals surface area (Å²) in [6.07, 6.45) is 1.74. The number of rotatable bonds is 1. The summed E-state index contributed by atoms with van der Waals surface area (Å²) >= 11 is 0. The van der Waals surface area contributed by atoms with Gasteiger partial charge in [0.1, 0.15) is 0 Å². The lowest BCUT2D eigenvalue weighted by Gasteiger charge is -2.10. The molecule has 0 saturated heterocycles. The highest BCUT2D eigenvalue weighted by Crippen LogP contribution is 2.07.